The van der Waals surface area contributed by atoms with Crippen LogP contribution < -0.4 is 5.32 Å². The van der Waals surface area contributed by atoms with Crippen LogP contribution in [0, 0.1) is 5.82 Å². The second-order valence-electron chi connectivity index (χ2n) is 4.18. The number of benzene rings is 2. The number of phenols is 1. The van der Waals surface area contributed by atoms with Crippen LogP contribution in [0.1, 0.15) is 11.1 Å². The van der Waals surface area contributed by atoms with Crippen molar-refractivity contribution in [2.45, 2.75) is 13.0 Å². The lowest BCUT2D eigenvalue weighted by Crippen LogP contribution is -2.17. The van der Waals surface area contributed by atoms with Crippen molar-refractivity contribution in [3.63, 3.8) is 0 Å². The molecule has 2 nitrogen and oxygen atoms in total. The Labute approximate surface area is 106 Å². The molecular formula is C15H16FNO. The summed E-state index contributed by atoms with van der Waals surface area (Å²) >= 11 is 0. The number of rotatable bonds is 5. The number of halogens is 1. The third kappa shape index (κ3) is 3.57. The van der Waals surface area contributed by atoms with Crippen LogP contribution in [0.4, 0.5) is 4.39 Å². The molecule has 2 aromatic carbocycles. The molecule has 0 fully saturated rings. The summed E-state index contributed by atoms with van der Waals surface area (Å²) in [6.07, 6.45) is 0.671. The minimum Gasteiger partial charge on any atom is -0.508 e. The van der Waals surface area contributed by atoms with Gasteiger partial charge in [0, 0.05) is 6.54 Å². The summed E-state index contributed by atoms with van der Waals surface area (Å²) in [5.41, 5.74) is 1.83. The van der Waals surface area contributed by atoms with Gasteiger partial charge in [-0.25, -0.2) is 4.39 Å². The average molecular weight is 245 g/mol. The van der Waals surface area contributed by atoms with Gasteiger partial charge in [-0.05, 0) is 42.3 Å². The molecule has 2 N–H and O–H groups in total. The topological polar surface area (TPSA) is 32.3 Å². The van der Waals surface area contributed by atoms with Gasteiger partial charge in [-0.2, -0.15) is 0 Å². The van der Waals surface area contributed by atoms with Gasteiger partial charge < -0.3 is 10.4 Å². The zero-order chi connectivity index (χ0) is 12.8. The quantitative estimate of drug-likeness (QED) is 0.794. The van der Waals surface area contributed by atoms with Crippen LogP contribution in [0.2, 0.25) is 0 Å². The zero-order valence-corrected chi connectivity index (χ0v) is 10.1. The Morgan fingerprint density at radius 3 is 2.44 bits per heavy atom. The van der Waals surface area contributed by atoms with Gasteiger partial charge in [0.05, 0.1) is 0 Å². The Hall–Kier alpha value is -1.87. The smallest absolute Gasteiger partial charge is 0.126 e. The average Bonchev–Trinajstić information content (AvgIpc) is 2.39. The van der Waals surface area contributed by atoms with Crippen molar-refractivity contribution >= 4 is 0 Å². The first-order valence-electron chi connectivity index (χ1n) is 5.98. The van der Waals surface area contributed by atoms with Crippen molar-refractivity contribution in [1.29, 1.82) is 0 Å². The van der Waals surface area contributed by atoms with E-state index in [4.69, 9.17) is 5.11 Å². The number of phenolic OH excluding ortho intramolecular Hbond substituents is 1. The maximum atomic E-state index is 13.3. The van der Waals surface area contributed by atoms with Gasteiger partial charge in [0.15, 0.2) is 0 Å². The summed E-state index contributed by atoms with van der Waals surface area (Å²) in [6.45, 7) is 1.44. The third-order valence-electron chi connectivity index (χ3n) is 2.79. The van der Waals surface area contributed by atoms with Crippen molar-refractivity contribution in [2.24, 2.45) is 0 Å². The number of nitrogens with one attached hydrogen (secondary N) is 1. The normalized spacial score (nSPS) is 10.5. The molecule has 0 aromatic heterocycles. The molecule has 0 amide bonds. The van der Waals surface area contributed by atoms with E-state index in [9.17, 15) is 4.39 Å². The first-order valence-corrected chi connectivity index (χ1v) is 5.98. The highest BCUT2D eigenvalue weighted by atomic mass is 19.1. The first-order chi connectivity index (χ1) is 8.75. The van der Waals surface area contributed by atoms with Crippen LogP contribution in [0.3, 0.4) is 0 Å². The van der Waals surface area contributed by atoms with Gasteiger partial charge in [0.1, 0.15) is 11.6 Å². The predicted molar refractivity (Wildman–Crippen MR) is 69.9 cm³/mol. The molecule has 0 bridgehead atoms. The van der Waals surface area contributed by atoms with Crippen molar-refractivity contribution in [1.82, 2.24) is 5.32 Å². The monoisotopic (exact) mass is 245 g/mol. The highest BCUT2D eigenvalue weighted by molar-refractivity contribution is 5.25. The van der Waals surface area contributed by atoms with Gasteiger partial charge in [-0.3, -0.25) is 0 Å². The highest BCUT2D eigenvalue weighted by Crippen LogP contribution is 2.09. The first kappa shape index (κ1) is 12.6. The molecule has 0 heterocycles. The van der Waals surface area contributed by atoms with E-state index in [1.165, 1.54) is 6.07 Å². The van der Waals surface area contributed by atoms with Gasteiger partial charge in [0.25, 0.3) is 0 Å². The fourth-order valence-electron chi connectivity index (χ4n) is 1.77. The second-order valence-corrected chi connectivity index (χ2v) is 4.18. The molecule has 2 aromatic rings. The highest BCUT2D eigenvalue weighted by Gasteiger charge is 1.99. The maximum Gasteiger partial charge on any atom is 0.126 e. The lowest BCUT2D eigenvalue weighted by molar-refractivity contribution is 0.475. The zero-order valence-electron chi connectivity index (χ0n) is 10.1. The largest absolute Gasteiger partial charge is 0.508 e. The van der Waals surface area contributed by atoms with Gasteiger partial charge in [0.2, 0.25) is 0 Å². The minimum atomic E-state index is -0.149. The minimum absolute atomic E-state index is 0.149. The van der Waals surface area contributed by atoms with Crippen LogP contribution in [-0.4, -0.2) is 11.7 Å². The maximum absolute atomic E-state index is 13.3. The fourth-order valence-corrected chi connectivity index (χ4v) is 1.77. The summed E-state index contributed by atoms with van der Waals surface area (Å²) in [5, 5.41) is 12.4. The van der Waals surface area contributed by atoms with E-state index < -0.39 is 0 Å². The van der Waals surface area contributed by atoms with E-state index in [0.717, 1.165) is 17.7 Å². The van der Waals surface area contributed by atoms with Crippen molar-refractivity contribution in [3.8, 4) is 5.75 Å². The summed E-state index contributed by atoms with van der Waals surface area (Å²) in [6, 6.07) is 13.9. The molecule has 0 spiro atoms. The van der Waals surface area contributed by atoms with Crippen LogP contribution in [-0.2, 0) is 13.0 Å². The third-order valence-corrected chi connectivity index (χ3v) is 2.79. The molecule has 0 atom stereocenters. The van der Waals surface area contributed by atoms with Gasteiger partial charge in [-0.15, -0.1) is 0 Å². The van der Waals surface area contributed by atoms with E-state index in [2.05, 4.69) is 5.32 Å². The van der Waals surface area contributed by atoms with Crippen molar-refractivity contribution in [3.05, 3.63) is 65.5 Å². The van der Waals surface area contributed by atoms with E-state index >= 15 is 0 Å². The Morgan fingerprint density at radius 1 is 1.00 bits per heavy atom. The Balaban J connectivity index is 1.76. The summed E-state index contributed by atoms with van der Waals surface area (Å²) < 4.78 is 13.3. The van der Waals surface area contributed by atoms with Gasteiger partial charge in [-0.1, -0.05) is 30.3 Å². The van der Waals surface area contributed by atoms with E-state index in [1.807, 2.05) is 18.2 Å². The van der Waals surface area contributed by atoms with Crippen LogP contribution in [0.15, 0.2) is 48.5 Å². The molecule has 0 radical (unpaired) electrons. The standard InChI is InChI=1S/C15H16FNO/c16-15-4-2-1-3-13(15)9-10-17-11-12-5-7-14(18)8-6-12/h1-8,17-18H,9-11H2. The Morgan fingerprint density at radius 2 is 1.72 bits per heavy atom. The number of aromatic hydroxyl groups is 1. The molecule has 18 heavy (non-hydrogen) atoms. The van der Waals surface area contributed by atoms with Gasteiger partial charge >= 0.3 is 0 Å². The summed E-state index contributed by atoms with van der Waals surface area (Å²) in [4.78, 5) is 0. The molecule has 0 aliphatic carbocycles. The molecule has 3 heteroatoms. The number of hydrogen-bond donors (Lipinski definition) is 2. The van der Waals surface area contributed by atoms with Crippen molar-refractivity contribution in [2.75, 3.05) is 6.54 Å². The molecular weight excluding hydrogens is 229 g/mol. The molecule has 0 aliphatic rings. The SMILES string of the molecule is Oc1ccc(CNCCc2ccccc2F)cc1. The van der Waals surface area contributed by atoms with E-state index in [-0.39, 0.29) is 11.6 Å². The molecule has 0 aliphatic heterocycles. The molecule has 2 rings (SSSR count). The molecule has 0 unspecified atom stereocenters. The molecule has 94 valence electrons. The second kappa shape index (κ2) is 6.17. The lowest BCUT2D eigenvalue weighted by Gasteiger charge is -2.06. The van der Waals surface area contributed by atoms with Crippen LogP contribution in [0.25, 0.3) is 0 Å². The molecule has 0 saturated heterocycles. The summed E-state index contributed by atoms with van der Waals surface area (Å²) in [5.74, 6) is 0.119. The van der Waals surface area contributed by atoms with E-state index in [0.29, 0.717) is 13.0 Å². The Bertz CT molecular complexity index is 496. The predicted octanol–water partition coefficient (Wildman–Crippen LogP) is 2.86. The van der Waals surface area contributed by atoms with E-state index in [1.54, 1.807) is 24.3 Å². The van der Waals surface area contributed by atoms with Crippen LogP contribution >= 0.6 is 0 Å². The van der Waals surface area contributed by atoms with Crippen LogP contribution in [0.5, 0.6) is 5.75 Å². The summed E-state index contributed by atoms with van der Waals surface area (Å²) in [7, 11) is 0. The lowest BCUT2D eigenvalue weighted by atomic mass is 10.1. The fraction of sp³-hybridized carbons (Fsp3) is 0.200. The Kier molecular flexibility index (Phi) is 4.31. The van der Waals surface area contributed by atoms with Crippen molar-refractivity contribution < 1.29 is 9.50 Å². The number of hydrogen-bond acceptors (Lipinski definition) is 2. The molecule has 0 saturated carbocycles.